The predicted molar refractivity (Wildman–Crippen MR) is 188 cm³/mol. The number of para-hydroxylation sites is 1. The average molecular weight is 667 g/mol. The zero-order chi connectivity index (χ0) is 35.8. The van der Waals surface area contributed by atoms with E-state index in [1.54, 1.807) is 0 Å². The minimum absolute atomic E-state index is 0.00839. The molecule has 0 bridgehead atoms. The van der Waals surface area contributed by atoms with Crippen molar-refractivity contribution in [2.75, 3.05) is 6.61 Å². The number of hydrogen-bond donors (Lipinski definition) is 2. The molecule has 1 unspecified atom stereocenters. The summed E-state index contributed by atoms with van der Waals surface area (Å²) in [4.78, 5) is 37.6. The highest BCUT2D eigenvalue weighted by molar-refractivity contribution is 6.02. The van der Waals surface area contributed by atoms with Crippen molar-refractivity contribution < 1.29 is 38.8 Å². The predicted octanol–water partition coefficient (Wildman–Crippen LogP) is 9.13. The minimum Gasteiger partial charge on any atom is -0.507 e. The Kier molecular flexibility index (Phi) is 13.9. The average Bonchev–Trinajstić information content (AvgIpc) is 3.02. The van der Waals surface area contributed by atoms with Crippen molar-refractivity contribution in [3.05, 3.63) is 51.6 Å². The van der Waals surface area contributed by atoms with Crippen LogP contribution in [0.1, 0.15) is 142 Å². The van der Waals surface area contributed by atoms with Gasteiger partial charge in [-0.05, 0) is 94.0 Å². The number of phenolic OH excluding ortho intramolecular Hbond substituents is 2. The van der Waals surface area contributed by atoms with Gasteiger partial charge in [0.05, 0.1) is 5.56 Å². The summed E-state index contributed by atoms with van der Waals surface area (Å²) in [6.07, 6.45) is 9.80. The van der Waals surface area contributed by atoms with E-state index in [1.165, 1.54) is 63.6 Å². The molecule has 2 aromatic rings. The summed E-state index contributed by atoms with van der Waals surface area (Å²) < 4.78 is 17.9. The molecular formula is C40H58O8. The first kappa shape index (κ1) is 38.9. The Balaban J connectivity index is 1.66. The molecule has 3 rings (SSSR count). The second-order valence-corrected chi connectivity index (χ2v) is 14.8. The summed E-state index contributed by atoms with van der Waals surface area (Å²) in [5.74, 6) is 0.435. The molecule has 2 aromatic carbocycles. The number of phenols is 2. The van der Waals surface area contributed by atoms with E-state index in [1.807, 2.05) is 27.7 Å². The van der Waals surface area contributed by atoms with Crippen LogP contribution in [-0.4, -0.2) is 46.2 Å². The maximum absolute atomic E-state index is 13.1. The van der Waals surface area contributed by atoms with Crippen molar-refractivity contribution in [2.24, 2.45) is 17.8 Å². The molecule has 0 radical (unpaired) electrons. The molecule has 0 aliphatic carbocycles. The van der Waals surface area contributed by atoms with Crippen molar-refractivity contribution in [3.8, 4) is 17.2 Å². The molecule has 8 heteroatoms. The van der Waals surface area contributed by atoms with Crippen molar-refractivity contribution >= 4 is 17.7 Å². The lowest BCUT2D eigenvalue weighted by atomic mass is 9.81. The molecule has 0 saturated heterocycles. The van der Waals surface area contributed by atoms with Gasteiger partial charge in [0.1, 0.15) is 34.5 Å². The van der Waals surface area contributed by atoms with Gasteiger partial charge in [0.15, 0.2) is 12.4 Å². The lowest BCUT2D eigenvalue weighted by molar-refractivity contribution is -0.167. The summed E-state index contributed by atoms with van der Waals surface area (Å²) in [5, 5.41) is 21.2. The summed E-state index contributed by atoms with van der Waals surface area (Å²) >= 11 is 0. The van der Waals surface area contributed by atoms with Crippen LogP contribution in [0, 0.1) is 38.5 Å². The number of ketones is 1. The van der Waals surface area contributed by atoms with Crippen LogP contribution < -0.4 is 4.74 Å². The number of fused-ring (bicyclic) bond motifs is 1. The Bertz CT molecular complexity index is 1440. The van der Waals surface area contributed by atoms with Crippen LogP contribution in [-0.2, 0) is 20.7 Å². The first-order valence-electron chi connectivity index (χ1n) is 17.8. The molecule has 1 heterocycles. The Morgan fingerprint density at radius 1 is 0.854 bits per heavy atom. The molecule has 8 nitrogen and oxygen atoms in total. The van der Waals surface area contributed by atoms with Gasteiger partial charge in [0.25, 0.3) is 0 Å². The van der Waals surface area contributed by atoms with Crippen molar-refractivity contribution in [1.29, 1.82) is 0 Å². The maximum Gasteiger partial charge on any atom is 0.344 e. The Labute approximate surface area is 287 Å². The number of hydrogen-bond acceptors (Lipinski definition) is 8. The highest BCUT2D eigenvalue weighted by atomic mass is 16.6. The topological polar surface area (TPSA) is 119 Å². The summed E-state index contributed by atoms with van der Waals surface area (Å²) in [5.41, 5.74) is 2.06. The summed E-state index contributed by atoms with van der Waals surface area (Å²) in [7, 11) is 0. The highest BCUT2D eigenvalue weighted by Gasteiger charge is 2.45. The fourth-order valence-corrected chi connectivity index (χ4v) is 6.80. The van der Waals surface area contributed by atoms with Crippen LogP contribution in [0.3, 0.4) is 0 Å². The number of rotatable bonds is 17. The van der Waals surface area contributed by atoms with Gasteiger partial charge in [0.2, 0.25) is 0 Å². The van der Waals surface area contributed by atoms with Crippen LogP contribution in [0.15, 0.2) is 18.2 Å². The number of Topliss-reactive ketones (excluding diaryl/α,β-unsaturated/α-hetero) is 1. The van der Waals surface area contributed by atoms with Crippen LogP contribution in [0.5, 0.6) is 17.2 Å². The number of ether oxygens (including phenoxy) is 3. The molecule has 1 aliphatic rings. The number of aromatic hydroxyl groups is 2. The highest BCUT2D eigenvalue weighted by Crippen LogP contribution is 2.45. The van der Waals surface area contributed by atoms with E-state index in [2.05, 4.69) is 27.7 Å². The third-order valence-electron chi connectivity index (χ3n) is 10.2. The summed E-state index contributed by atoms with van der Waals surface area (Å²) in [6, 6.07) is 4.20. The third-order valence-corrected chi connectivity index (χ3v) is 10.2. The van der Waals surface area contributed by atoms with Crippen molar-refractivity contribution in [2.45, 2.75) is 138 Å². The minimum atomic E-state index is -0.939. The van der Waals surface area contributed by atoms with E-state index in [0.717, 1.165) is 47.1 Å². The van der Waals surface area contributed by atoms with Gasteiger partial charge in [-0.2, -0.15) is 0 Å². The van der Waals surface area contributed by atoms with Crippen LogP contribution in [0.25, 0.3) is 0 Å². The SMILES string of the molecule is CC(=O)c1cccc(C(=O)OCC(=O)OC2Cc3c(C)c(O)c(C)c(C)c3O[C@@]2(C)CCC[C@H](C)CCC[C@@H](C)CCCC(C)C)c1O. The number of esters is 2. The monoisotopic (exact) mass is 666 g/mol. The van der Waals surface area contributed by atoms with Gasteiger partial charge in [-0.15, -0.1) is 0 Å². The van der Waals surface area contributed by atoms with E-state index in [0.29, 0.717) is 24.3 Å². The number of benzene rings is 2. The smallest absolute Gasteiger partial charge is 0.344 e. The zero-order valence-electron chi connectivity index (χ0n) is 30.7. The van der Waals surface area contributed by atoms with E-state index in [-0.39, 0.29) is 16.9 Å². The quantitative estimate of drug-likeness (QED) is 0.127. The Morgan fingerprint density at radius 3 is 2.04 bits per heavy atom. The Hall–Kier alpha value is -3.55. The van der Waals surface area contributed by atoms with Crippen molar-refractivity contribution in [3.63, 3.8) is 0 Å². The molecule has 1 aliphatic heterocycles. The molecule has 0 amide bonds. The molecule has 266 valence electrons. The second kappa shape index (κ2) is 17.2. The van der Waals surface area contributed by atoms with Gasteiger partial charge in [-0.1, -0.05) is 78.7 Å². The fourth-order valence-electron chi connectivity index (χ4n) is 6.80. The lowest BCUT2D eigenvalue weighted by Crippen LogP contribution is -2.52. The van der Waals surface area contributed by atoms with Gasteiger partial charge in [-0.25, -0.2) is 9.59 Å². The standard InChI is InChI=1S/C40H58O8/c1-24(2)14-10-15-25(3)16-11-17-26(4)18-13-21-40(9)34(22-33-29(7)36(43)27(5)28(6)38(33)48-40)47-35(42)23-46-39(45)32-20-12-19-31(30(8)41)37(32)44/h12,19-20,24-26,34,43-44H,10-11,13-18,21-23H2,1-9H3/t25-,26+,34?,40-/m0/s1. The largest absolute Gasteiger partial charge is 0.507 e. The third kappa shape index (κ3) is 9.99. The van der Waals surface area contributed by atoms with E-state index >= 15 is 0 Å². The first-order valence-corrected chi connectivity index (χ1v) is 17.8. The Morgan fingerprint density at radius 2 is 1.44 bits per heavy atom. The van der Waals surface area contributed by atoms with Gasteiger partial charge in [0, 0.05) is 12.0 Å². The van der Waals surface area contributed by atoms with E-state index < -0.39 is 41.8 Å². The van der Waals surface area contributed by atoms with Crippen molar-refractivity contribution in [1.82, 2.24) is 0 Å². The lowest BCUT2D eigenvalue weighted by Gasteiger charge is -2.43. The second-order valence-electron chi connectivity index (χ2n) is 14.8. The molecular weight excluding hydrogens is 608 g/mol. The first-order chi connectivity index (χ1) is 22.6. The molecule has 48 heavy (non-hydrogen) atoms. The van der Waals surface area contributed by atoms with Crippen LogP contribution >= 0.6 is 0 Å². The zero-order valence-corrected chi connectivity index (χ0v) is 30.7. The molecule has 0 spiro atoms. The normalized spacial score (nSPS) is 18.5. The molecule has 0 fully saturated rings. The van der Waals surface area contributed by atoms with Gasteiger partial charge < -0.3 is 24.4 Å². The van der Waals surface area contributed by atoms with Crippen LogP contribution in [0.2, 0.25) is 0 Å². The van der Waals surface area contributed by atoms with Gasteiger partial charge in [-0.3, -0.25) is 4.79 Å². The molecule has 0 aromatic heterocycles. The maximum atomic E-state index is 13.1. The van der Waals surface area contributed by atoms with Crippen LogP contribution in [0.4, 0.5) is 0 Å². The molecule has 0 saturated carbocycles. The number of carbonyl (C=O) groups is 3. The van der Waals surface area contributed by atoms with E-state index in [9.17, 15) is 24.6 Å². The fraction of sp³-hybridized carbons (Fsp3) is 0.625. The van der Waals surface area contributed by atoms with E-state index in [4.69, 9.17) is 14.2 Å². The molecule has 2 N–H and O–H groups in total. The number of carbonyl (C=O) groups excluding carboxylic acids is 3. The van der Waals surface area contributed by atoms with Gasteiger partial charge >= 0.3 is 11.9 Å². The molecule has 4 atom stereocenters. The summed E-state index contributed by atoms with van der Waals surface area (Å²) in [6.45, 7) is 17.5.